The molecule has 2 aliphatic rings. The van der Waals surface area contributed by atoms with Crippen LogP contribution in [0.4, 0.5) is 4.79 Å². The lowest BCUT2D eigenvalue weighted by molar-refractivity contribution is -0.139. The van der Waals surface area contributed by atoms with Gasteiger partial charge in [-0.05, 0) is 35.8 Å². The standard InChI is InChI=1S/C18H20N6O3S/c1-2-27-16(25)14-13(10-28-18-21-22-23-24(18)12-8-9-12)19-17(26)20-15(14)11-6-4-3-5-7-11/h3-7,12,15H,2,8-10H2,1H3,(H2,19,20,26). The van der Waals surface area contributed by atoms with Gasteiger partial charge in [0.15, 0.2) is 0 Å². The molecule has 2 N–H and O–H groups in total. The lowest BCUT2D eigenvalue weighted by atomic mass is 9.95. The van der Waals surface area contributed by atoms with Crippen LogP contribution in [0.15, 0.2) is 46.8 Å². The maximum Gasteiger partial charge on any atom is 0.338 e. The largest absolute Gasteiger partial charge is 0.463 e. The van der Waals surface area contributed by atoms with Gasteiger partial charge < -0.3 is 15.4 Å². The van der Waals surface area contributed by atoms with Gasteiger partial charge in [-0.3, -0.25) is 0 Å². The van der Waals surface area contributed by atoms with Crippen LogP contribution in [0.5, 0.6) is 0 Å². The highest BCUT2D eigenvalue weighted by Gasteiger charge is 2.34. The van der Waals surface area contributed by atoms with Crippen molar-refractivity contribution in [2.45, 2.75) is 37.0 Å². The molecule has 10 heteroatoms. The smallest absolute Gasteiger partial charge is 0.338 e. The van der Waals surface area contributed by atoms with E-state index in [1.54, 1.807) is 11.6 Å². The molecule has 1 fully saturated rings. The number of rotatable bonds is 7. The van der Waals surface area contributed by atoms with Gasteiger partial charge in [0.2, 0.25) is 5.16 Å². The van der Waals surface area contributed by atoms with E-state index < -0.39 is 12.0 Å². The number of hydrogen-bond donors (Lipinski definition) is 2. The molecule has 0 bridgehead atoms. The molecule has 146 valence electrons. The summed E-state index contributed by atoms with van der Waals surface area (Å²) in [6.45, 7) is 2.00. The van der Waals surface area contributed by atoms with Crippen molar-refractivity contribution in [2.75, 3.05) is 12.4 Å². The highest BCUT2D eigenvalue weighted by Crippen LogP contribution is 2.37. The number of tetrazole rings is 1. The average molecular weight is 400 g/mol. The van der Waals surface area contributed by atoms with Gasteiger partial charge in [-0.25, -0.2) is 14.3 Å². The van der Waals surface area contributed by atoms with Crippen molar-refractivity contribution < 1.29 is 14.3 Å². The minimum absolute atomic E-state index is 0.248. The summed E-state index contributed by atoms with van der Waals surface area (Å²) in [6.07, 6.45) is 2.12. The molecule has 28 heavy (non-hydrogen) atoms. The van der Waals surface area contributed by atoms with E-state index in [1.807, 2.05) is 30.3 Å². The maximum absolute atomic E-state index is 12.7. The first kappa shape index (κ1) is 18.5. The molecule has 2 aromatic rings. The molecule has 2 amide bonds. The normalized spacial score (nSPS) is 19.2. The molecule has 1 aromatic heterocycles. The lowest BCUT2D eigenvalue weighted by Gasteiger charge is -2.29. The Hall–Kier alpha value is -2.88. The minimum atomic E-state index is -0.580. The van der Waals surface area contributed by atoms with Gasteiger partial charge in [0, 0.05) is 11.4 Å². The number of carbonyl (C=O) groups is 2. The van der Waals surface area contributed by atoms with Crippen LogP contribution in [0.2, 0.25) is 0 Å². The van der Waals surface area contributed by atoms with Crippen molar-refractivity contribution in [1.29, 1.82) is 0 Å². The van der Waals surface area contributed by atoms with Gasteiger partial charge in [0.1, 0.15) is 0 Å². The van der Waals surface area contributed by atoms with Gasteiger partial charge in [-0.2, -0.15) is 0 Å². The van der Waals surface area contributed by atoms with Gasteiger partial charge in [0.05, 0.1) is 24.3 Å². The van der Waals surface area contributed by atoms with E-state index in [-0.39, 0.29) is 12.6 Å². The fourth-order valence-electron chi connectivity index (χ4n) is 3.04. The summed E-state index contributed by atoms with van der Waals surface area (Å²) in [4.78, 5) is 25.0. The number of ether oxygens (including phenoxy) is 1. The number of esters is 1. The zero-order valence-corrected chi connectivity index (χ0v) is 16.1. The SMILES string of the molecule is CCOC(=O)C1=C(CSc2nnnn2C2CC2)NC(=O)NC1c1ccccc1. The molecule has 1 unspecified atom stereocenters. The second-order valence-corrected chi connectivity index (χ2v) is 7.42. The summed E-state index contributed by atoms with van der Waals surface area (Å²) < 4.78 is 7.06. The van der Waals surface area contributed by atoms with E-state index in [2.05, 4.69) is 26.2 Å². The molecule has 9 nitrogen and oxygen atoms in total. The molecule has 1 aliphatic carbocycles. The Kier molecular flexibility index (Phi) is 5.29. The summed E-state index contributed by atoms with van der Waals surface area (Å²) in [5, 5.41) is 18.1. The third kappa shape index (κ3) is 3.86. The highest BCUT2D eigenvalue weighted by atomic mass is 32.2. The Balaban J connectivity index is 1.65. The van der Waals surface area contributed by atoms with Crippen LogP contribution in [0.25, 0.3) is 0 Å². The van der Waals surface area contributed by atoms with Crippen molar-refractivity contribution in [3.8, 4) is 0 Å². The van der Waals surface area contributed by atoms with Crippen molar-refractivity contribution >= 4 is 23.8 Å². The van der Waals surface area contributed by atoms with Gasteiger partial charge in [-0.1, -0.05) is 42.1 Å². The molecule has 0 radical (unpaired) electrons. The van der Waals surface area contributed by atoms with Crippen LogP contribution in [-0.2, 0) is 9.53 Å². The first-order chi connectivity index (χ1) is 13.7. The Labute approximate surface area is 165 Å². The van der Waals surface area contributed by atoms with Crippen molar-refractivity contribution in [1.82, 2.24) is 30.8 Å². The zero-order chi connectivity index (χ0) is 19.5. The molecule has 0 spiro atoms. The number of thioether (sulfide) groups is 1. The monoisotopic (exact) mass is 400 g/mol. The van der Waals surface area contributed by atoms with Gasteiger partial charge in [-0.15, -0.1) is 5.10 Å². The summed E-state index contributed by atoms with van der Waals surface area (Å²) in [5.74, 6) is -0.112. The topological polar surface area (TPSA) is 111 Å². The molecule has 1 atom stereocenters. The number of nitrogens with one attached hydrogen (secondary N) is 2. The molecule has 1 aromatic carbocycles. The number of carbonyl (C=O) groups excluding carboxylic acids is 2. The van der Waals surface area contributed by atoms with E-state index in [4.69, 9.17) is 4.74 Å². The maximum atomic E-state index is 12.7. The molecular weight excluding hydrogens is 380 g/mol. The van der Waals surface area contributed by atoms with Crippen LogP contribution < -0.4 is 10.6 Å². The molecule has 1 saturated carbocycles. The first-order valence-electron chi connectivity index (χ1n) is 9.10. The van der Waals surface area contributed by atoms with Gasteiger partial charge in [0.25, 0.3) is 0 Å². The number of hydrogen-bond acceptors (Lipinski definition) is 7. The number of benzene rings is 1. The number of aromatic nitrogens is 4. The molecule has 0 saturated heterocycles. The lowest BCUT2D eigenvalue weighted by Crippen LogP contribution is -2.46. The Morgan fingerprint density at radius 2 is 2.11 bits per heavy atom. The average Bonchev–Trinajstić information content (AvgIpc) is 3.44. The van der Waals surface area contributed by atoms with E-state index in [1.165, 1.54) is 11.8 Å². The summed E-state index contributed by atoms with van der Waals surface area (Å²) in [7, 11) is 0. The van der Waals surface area contributed by atoms with Crippen molar-refractivity contribution in [3.63, 3.8) is 0 Å². The first-order valence-corrected chi connectivity index (χ1v) is 10.1. The van der Waals surface area contributed by atoms with Crippen LogP contribution in [0, 0.1) is 0 Å². The minimum Gasteiger partial charge on any atom is -0.463 e. The van der Waals surface area contributed by atoms with Crippen LogP contribution in [0.3, 0.4) is 0 Å². The van der Waals surface area contributed by atoms with Crippen molar-refractivity contribution in [3.05, 3.63) is 47.2 Å². The van der Waals surface area contributed by atoms with Crippen molar-refractivity contribution in [2.24, 2.45) is 0 Å². The summed E-state index contributed by atoms with van der Waals surface area (Å²) in [6, 6.07) is 8.75. The quantitative estimate of drug-likeness (QED) is 0.540. The number of nitrogens with zero attached hydrogens (tertiary/aromatic N) is 4. The second-order valence-electron chi connectivity index (χ2n) is 6.48. The Morgan fingerprint density at radius 1 is 1.32 bits per heavy atom. The third-order valence-corrected chi connectivity index (χ3v) is 5.44. The van der Waals surface area contributed by atoms with E-state index in [0.717, 1.165) is 18.4 Å². The molecule has 4 rings (SSSR count). The zero-order valence-electron chi connectivity index (χ0n) is 15.3. The summed E-state index contributed by atoms with van der Waals surface area (Å²) in [5.41, 5.74) is 1.71. The Bertz CT molecular complexity index is 909. The number of amides is 2. The van der Waals surface area contributed by atoms with E-state index in [0.29, 0.717) is 28.2 Å². The second kappa shape index (κ2) is 8.01. The van der Waals surface area contributed by atoms with Crippen LogP contribution >= 0.6 is 11.8 Å². The predicted molar refractivity (Wildman–Crippen MR) is 101 cm³/mol. The highest BCUT2D eigenvalue weighted by molar-refractivity contribution is 7.99. The van der Waals surface area contributed by atoms with E-state index in [9.17, 15) is 9.59 Å². The fourth-order valence-corrected chi connectivity index (χ4v) is 3.96. The van der Waals surface area contributed by atoms with E-state index >= 15 is 0 Å². The summed E-state index contributed by atoms with van der Waals surface area (Å²) >= 11 is 1.39. The molecular formula is C18H20N6O3S. The fraction of sp³-hybridized carbons (Fsp3) is 0.389. The van der Waals surface area contributed by atoms with Gasteiger partial charge >= 0.3 is 12.0 Å². The predicted octanol–water partition coefficient (Wildman–Crippen LogP) is 1.97. The number of urea groups is 1. The van der Waals surface area contributed by atoms with Crippen LogP contribution in [-0.4, -0.2) is 44.6 Å². The third-order valence-electron chi connectivity index (χ3n) is 4.48. The molecule has 2 heterocycles. The Morgan fingerprint density at radius 3 is 2.82 bits per heavy atom. The molecule has 1 aliphatic heterocycles. The van der Waals surface area contributed by atoms with Crippen LogP contribution in [0.1, 0.15) is 37.4 Å².